The first-order chi connectivity index (χ1) is 10.2. The summed E-state index contributed by atoms with van der Waals surface area (Å²) in [6, 6.07) is 12.2. The third-order valence-electron chi connectivity index (χ3n) is 2.76. The molecule has 0 spiro atoms. The van der Waals surface area contributed by atoms with Crippen LogP contribution in [-0.2, 0) is 0 Å². The number of aromatic hydroxyl groups is 1. The van der Waals surface area contributed by atoms with Crippen molar-refractivity contribution < 1.29 is 5.11 Å². The second-order valence-corrected chi connectivity index (χ2v) is 4.60. The molecule has 2 N–H and O–H groups in total. The molecule has 0 bridgehead atoms. The highest BCUT2D eigenvalue weighted by atomic mass is 32.1. The summed E-state index contributed by atoms with van der Waals surface area (Å²) in [5.74, 6) is 0.747. The molecular weight excluding hydrogens is 286 g/mol. The van der Waals surface area contributed by atoms with Gasteiger partial charge in [-0.1, -0.05) is 6.07 Å². The molecule has 0 aliphatic heterocycles. The van der Waals surface area contributed by atoms with Gasteiger partial charge in [-0.15, -0.1) is 0 Å². The molecule has 3 rings (SSSR count). The average Bonchev–Trinajstić information content (AvgIpc) is 2.89. The number of aromatic nitrogens is 4. The number of nitrogens with one attached hydrogen (secondary N) is 1. The summed E-state index contributed by atoms with van der Waals surface area (Å²) < 4.78 is 1.88. The maximum atomic E-state index is 9.26. The monoisotopic (exact) mass is 297 g/mol. The number of H-pyrrole nitrogens is 1. The van der Waals surface area contributed by atoms with Gasteiger partial charge < -0.3 is 5.11 Å². The fourth-order valence-electron chi connectivity index (χ4n) is 1.74. The van der Waals surface area contributed by atoms with E-state index in [1.165, 1.54) is 4.68 Å². The summed E-state index contributed by atoms with van der Waals surface area (Å²) in [6.45, 7) is 0. The van der Waals surface area contributed by atoms with Crippen molar-refractivity contribution >= 4 is 18.4 Å². The summed E-state index contributed by atoms with van der Waals surface area (Å²) in [5, 5.41) is 20.4. The molecule has 1 aromatic carbocycles. The van der Waals surface area contributed by atoms with Gasteiger partial charge in [-0.05, 0) is 54.2 Å². The molecule has 0 atom stereocenters. The Morgan fingerprint density at radius 1 is 1.19 bits per heavy atom. The number of nitrogens with zero attached hydrogens (tertiary/aromatic N) is 4. The minimum atomic E-state index is 0.209. The van der Waals surface area contributed by atoms with E-state index >= 15 is 0 Å². The van der Waals surface area contributed by atoms with E-state index in [0.29, 0.717) is 16.3 Å². The molecule has 0 unspecified atom stereocenters. The van der Waals surface area contributed by atoms with Crippen LogP contribution in [0.2, 0.25) is 0 Å². The molecule has 0 amide bonds. The van der Waals surface area contributed by atoms with Gasteiger partial charge in [-0.25, -0.2) is 5.10 Å². The molecule has 3 aromatic rings. The van der Waals surface area contributed by atoms with Crippen molar-refractivity contribution in [3.05, 3.63) is 59.0 Å². The van der Waals surface area contributed by atoms with Crippen LogP contribution in [0, 0.1) is 4.77 Å². The largest absolute Gasteiger partial charge is 0.508 e. The highest BCUT2D eigenvalue weighted by Crippen LogP contribution is 2.14. The molecule has 104 valence electrons. The molecule has 0 fully saturated rings. The molecule has 2 heterocycles. The molecule has 0 radical (unpaired) electrons. The lowest BCUT2D eigenvalue weighted by atomic mass is 10.2. The van der Waals surface area contributed by atoms with Crippen LogP contribution in [-0.4, -0.2) is 31.2 Å². The Kier molecular flexibility index (Phi) is 3.57. The van der Waals surface area contributed by atoms with Crippen molar-refractivity contribution in [3.63, 3.8) is 0 Å². The third kappa shape index (κ3) is 2.87. The van der Waals surface area contributed by atoms with Gasteiger partial charge in [0.1, 0.15) is 11.4 Å². The quantitative estimate of drug-likeness (QED) is 0.575. The summed E-state index contributed by atoms with van der Waals surface area (Å²) in [4.78, 5) is 4.23. The van der Waals surface area contributed by atoms with Gasteiger partial charge in [-0.2, -0.15) is 14.9 Å². The fourth-order valence-corrected chi connectivity index (χ4v) is 1.92. The lowest BCUT2D eigenvalue weighted by Crippen LogP contribution is -1.96. The number of rotatable bonds is 3. The lowest BCUT2D eigenvalue weighted by Gasteiger charge is -1.99. The number of aromatic amines is 1. The van der Waals surface area contributed by atoms with Crippen LogP contribution in [0.4, 0.5) is 0 Å². The zero-order valence-electron chi connectivity index (χ0n) is 10.8. The first-order valence-corrected chi connectivity index (χ1v) is 6.57. The van der Waals surface area contributed by atoms with Crippen LogP contribution in [0.3, 0.4) is 0 Å². The van der Waals surface area contributed by atoms with Crippen LogP contribution in [0.5, 0.6) is 5.75 Å². The molecule has 0 aliphatic carbocycles. The van der Waals surface area contributed by atoms with Gasteiger partial charge in [0, 0.05) is 6.20 Å². The van der Waals surface area contributed by atoms with Gasteiger partial charge in [0.05, 0.1) is 6.21 Å². The third-order valence-corrected chi connectivity index (χ3v) is 3.02. The Labute approximate surface area is 125 Å². The molecule has 7 heteroatoms. The minimum Gasteiger partial charge on any atom is -0.508 e. The smallest absolute Gasteiger partial charge is 0.216 e. The number of benzene rings is 1. The van der Waals surface area contributed by atoms with E-state index in [1.807, 2.05) is 18.2 Å². The van der Waals surface area contributed by atoms with Gasteiger partial charge in [-0.3, -0.25) is 4.98 Å². The van der Waals surface area contributed by atoms with Crippen molar-refractivity contribution in [2.24, 2.45) is 5.10 Å². The van der Waals surface area contributed by atoms with Gasteiger partial charge >= 0.3 is 0 Å². The number of pyridine rings is 1. The van der Waals surface area contributed by atoms with Crippen molar-refractivity contribution in [2.45, 2.75) is 0 Å². The summed E-state index contributed by atoms with van der Waals surface area (Å²) >= 11 is 5.17. The van der Waals surface area contributed by atoms with E-state index in [0.717, 1.165) is 5.56 Å². The normalized spacial score (nSPS) is 11.0. The number of phenols is 1. The minimum absolute atomic E-state index is 0.209. The Bertz CT molecular complexity index is 821. The first-order valence-electron chi connectivity index (χ1n) is 6.16. The maximum absolute atomic E-state index is 9.26. The summed E-state index contributed by atoms with van der Waals surface area (Å²) in [5.41, 5.74) is 1.51. The standard InChI is InChI=1S/C14H11N5OS/c20-11-6-4-10(5-7-11)9-16-19-13(17-18-14(19)21)12-3-1-2-8-15-12/h1-9,20H,(H,18,21)/b16-9-. The lowest BCUT2D eigenvalue weighted by molar-refractivity contribution is 0.475. The predicted molar refractivity (Wildman–Crippen MR) is 81.7 cm³/mol. The molecule has 0 saturated heterocycles. The van der Waals surface area contributed by atoms with Gasteiger partial charge in [0.2, 0.25) is 10.6 Å². The zero-order valence-corrected chi connectivity index (χ0v) is 11.7. The van der Waals surface area contributed by atoms with E-state index in [1.54, 1.807) is 36.7 Å². The second kappa shape index (κ2) is 5.68. The highest BCUT2D eigenvalue weighted by Gasteiger charge is 2.08. The van der Waals surface area contributed by atoms with Crippen molar-refractivity contribution in [3.8, 4) is 17.3 Å². The topological polar surface area (TPSA) is 79.1 Å². The van der Waals surface area contributed by atoms with E-state index in [-0.39, 0.29) is 5.75 Å². The SMILES string of the molecule is Oc1ccc(/C=N\n2c(-c3ccccn3)n[nH]c2=S)cc1. The highest BCUT2D eigenvalue weighted by molar-refractivity contribution is 7.71. The molecule has 6 nitrogen and oxygen atoms in total. The number of hydrogen-bond donors (Lipinski definition) is 2. The Balaban J connectivity index is 1.98. The van der Waals surface area contributed by atoms with E-state index in [9.17, 15) is 5.11 Å². The molecular formula is C14H11N5OS. The number of hydrogen-bond acceptors (Lipinski definition) is 5. The van der Waals surface area contributed by atoms with Crippen LogP contribution < -0.4 is 0 Å². The van der Waals surface area contributed by atoms with Gasteiger partial charge in [0.25, 0.3) is 0 Å². The molecule has 21 heavy (non-hydrogen) atoms. The Morgan fingerprint density at radius 3 is 2.71 bits per heavy atom. The van der Waals surface area contributed by atoms with Crippen LogP contribution in [0.25, 0.3) is 11.5 Å². The molecule has 0 aliphatic rings. The Morgan fingerprint density at radius 2 is 2.00 bits per heavy atom. The van der Waals surface area contributed by atoms with E-state index in [4.69, 9.17) is 12.2 Å². The average molecular weight is 297 g/mol. The summed E-state index contributed by atoms with van der Waals surface area (Å²) in [7, 11) is 0. The zero-order chi connectivity index (χ0) is 14.7. The van der Waals surface area contributed by atoms with Crippen molar-refractivity contribution in [1.29, 1.82) is 0 Å². The molecule has 0 saturated carbocycles. The molecule has 2 aromatic heterocycles. The Hall–Kier alpha value is -2.80. The maximum Gasteiger partial charge on any atom is 0.216 e. The van der Waals surface area contributed by atoms with Crippen LogP contribution in [0.15, 0.2) is 53.8 Å². The first kappa shape index (κ1) is 13.2. The van der Waals surface area contributed by atoms with Crippen LogP contribution >= 0.6 is 12.2 Å². The van der Waals surface area contributed by atoms with E-state index < -0.39 is 0 Å². The second-order valence-electron chi connectivity index (χ2n) is 4.22. The van der Waals surface area contributed by atoms with Crippen molar-refractivity contribution in [2.75, 3.05) is 0 Å². The fraction of sp³-hybridized carbons (Fsp3) is 0. The van der Waals surface area contributed by atoms with Crippen LogP contribution in [0.1, 0.15) is 5.56 Å². The summed E-state index contributed by atoms with van der Waals surface area (Å²) in [6.07, 6.45) is 3.32. The predicted octanol–water partition coefficient (Wildman–Crippen LogP) is 2.59. The van der Waals surface area contributed by atoms with Crippen molar-refractivity contribution in [1.82, 2.24) is 19.9 Å². The van der Waals surface area contributed by atoms with E-state index in [2.05, 4.69) is 20.3 Å². The van der Waals surface area contributed by atoms with Gasteiger partial charge in [0.15, 0.2) is 0 Å². The number of phenolic OH excluding ortho intramolecular Hbond substituents is 1.